The smallest absolute Gasteiger partial charge is 0.252 e. The molecule has 0 radical (unpaired) electrons. The Morgan fingerprint density at radius 2 is 2.20 bits per heavy atom. The number of hydrogen-bond acceptors (Lipinski definition) is 4. The van der Waals surface area contributed by atoms with Gasteiger partial charge in [0.1, 0.15) is 0 Å². The zero-order valence-electron chi connectivity index (χ0n) is 8.44. The molecule has 82 valence electrons. The van der Waals surface area contributed by atoms with Gasteiger partial charge in [0.2, 0.25) is 5.95 Å². The van der Waals surface area contributed by atoms with E-state index in [9.17, 15) is 4.79 Å². The van der Waals surface area contributed by atoms with E-state index in [0.29, 0.717) is 5.92 Å². The molecule has 0 aliphatic carbocycles. The lowest BCUT2D eigenvalue weighted by molar-refractivity contribution is 0.341. The molecular formula is C9H15N4OP. The van der Waals surface area contributed by atoms with Gasteiger partial charge in [-0.1, -0.05) is 9.39 Å². The van der Waals surface area contributed by atoms with Crippen molar-refractivity contribution in [2.24, 2.45) is 0 Å². The molecule has 1 aromatic rings. The summed E-state index contributed by atoms with van der Waals surface area (Å²) < 4.78 is 2.20. The van der Waals surface area contributed by atoms with E-state index in [1.807, 2.05) is 0 Å². The van der Waals surface area contributed by atoms with E-state index < -0.39 is 0 Å². The molecule has 1 unspecified atom stereocenters. The average Bonchev–Trinajstić information content (AvgIpc) is 2.17. The number of anilines is 1. The molecule has 0 saturated carbocycles. The quantitative estimate of drug-likeness (QED) is 0.676. The van der Waals surface area contributed by atoms with E-state index in [1.165, 1.54) is 0 Å². The fraction of sp³-hybridized carbons (Fsp3) is 0.556. The number of piperidine rings is 1. The molecule has 0 amide bonds. The molecule has 15 heavy (non-hydrogen) atoms. The van der Waals surface area contributed by atoms with Crippen LogP contribution in [0.15, 0.2) is 10.9 Å². The van der Waals surface area contributed by atoms with E-state index in [-0.39, 0.29) is 11.5 Å². The Hall–Kier alpha value is -0.930. The fourth-order valence-electron chi connectivity index (χ4n) is 1.90. The molecule has 1 atom stereocenters. The number of nitrogens with two attached hydrogens (primary N) is 1. The molecule has 1 saturated heterocycles. The van der Waals surface area contributed by atoms with E-state index in [2.05, 4.69) is 24.0 Å². The second-order valence-electron chi connectivity index (χ2n) is 3.87. The largest absolute Gasteiger partial charge is 0.369 e. The first-order chi connectivity index (χ1) is 7.15. The van der Waals surface area contributed by atoms with Gasteiger partial charge in [-0.15, -0.1) is 0 Å². The highest BCUT2D eigenvalue weighted by Crippen LogP contribution is 2.27. The predicted octanol–water partition coefficient (Wildman–Crippen LogP) is 0.322. The minimum absolute atomic E-state index is 0.161. The van der Waals surface area contributed by atoms with Crippen molar-refractivity contribution in [1.29, 1.82) is 0 Å². The minimum Gasteiger partial charge on any atom is -0.369 e. The van der Waals surface area contributed by atoms with Crippen molar-refractivity contribution in [1.82, 2.24) is 14.6 Å². The number of aromatic amines is 1. The predicted molar refractivity (Wildman–Crippen MR) is 62.5 cm³/mol. The second kappa shape index (κ2) is 4.29. The van der Waals surface area contributed by atoms with Crippen molar-refractivity contribution in [3.63, 3.8) is 0 Å². The first kappa shape index (κ1) is 10.6. The molecule has 0 aromatic carbocycles. The fourth-order valence-corrected chi connectivity index (χ4v) is 2.20. The molecule has 2 rings (SSSR count). The van der Waals surface area contributed by atoms with Crippen LogP contribution in [0.25, 0.3) is 0 Å². The van der Waals surface area contributed by atoms with Gasteiger partial charge in [0.25, 0.3) is 5.56 Å². The third-order valence-corrected chi connectivity index (χ3v) is 3.24. The SMILES string of the molecule is Nc1nc(C2CCN(P)CC2)cc(=O)[nH]1. The van der Waals surface area contributed by atoms with Crippen molar-refractivity contribution in [2.75, 3.05) is 18.8 Å². The summed E-state index contributed by atoms with van der Waals surface area (Å²) in [5, 5.41) is 0. The molecule has 3 N–H and O–H groups in total. The zero-order chi connectivity index (χ0) is 10.8. The maximum atomic E-state index is 11.2. The van der Waals surface area contributed by atoms with Gasteiger partial charge in [-0.25, -0.2) is 4.98 Å². The van der Waals surface area contributed by atoms with Gasteiger partial charge in [-0.05, 0) is 12.8 Å². The monoisotopic (exact) mass is 226 g/mol. The Bertz CT molecular complexity index is 397. The van der Waals surface area contributed by atoms with Crippen LogP contribution in [0.1, 0.15) is 24.5 Å². The number of nitrogen functional groups attached to an aromatic ring is 1. The third kappa shape index (κ3) is 2.55. The second-order valence-corrected chi connectivity index (χ2v) is 4.60. The Balaban J connectivity index is 2.19. The van der Waals surface area contributed by atoms with Crippen LogP contribution < -0.4 is 11.3 Å². The molecule has 1 aliphatic rings. The first-order valence-electron chi connectivity index (χ1n) is 5.01. The summed E-state index contributed by atoms with van der Waals surface area (Å²) in [5.74, 6) is 0.581. The standard InChI is InChI=1S/C9H15N4OP/c10-9-11-7(5-8(14)12-9)6-1-3-13(15)4-2-6/h5-6H,1-4,15H2,(H3,10,11,12,14). The molecule has 1 aromatic heterocycles. The molecule has 6 heteroatoms. The van der Waals surface area contributed by atoms with Crippen molar-refractivity contribution < 1.29 is 0 Å². The van der Waals surface area contributed by atoms with Gasteiger partial charge < -0.3 is 5.73 Å². The molecular weight excluding hydrogens is 211 g/mol. The van der Waals surface area contributed by atoms with Crippen LogP contribution >= 0.6 is 9.39 Å². The Morgan fingerprint density at radius 3 is 2.80 bits per heavy atom. The van der Waals surface area contributed by atoms with Crippen LogP contribution in [0, 0.1) is 0 Å². The Kier molecular flexibility index (Phi) is 3.03. The van der Waals surface area contributed by atoms with Gasteiger partial charge in [0, 0.05) is 25.1 Å². The van der Waals surface area contributed by atoms with Gasteiger partial charge in [-0.3, -0.25) is 14.4 Å². The molecule has 2 heterocycles. The number of hydrogen-bond donors (Lipinski definition) is 2. The zero-order valence-corrected chi connectivity index (χ0v) is 9.60. The number of rotatable bonds is 1. The normalized spacial score (nSPS) is 19.3. The molecule has 1 fully saturated rings. The van der Waals surface area contributed by atoms with Gasteiger partial charge in [0.15, 0.2) is 0 Å². The van der Waals surface area contributed by atoms with Crippen molar-refractivity contribution in [3.05, 3.63) is 22.1 Å². The third-order valence-electron chi connectivity index (χ3n) is 2.73. The van der Waals surface area contributed by atoms with Crippen LogP contribution in [0.3, 0.4) is 0 Å². The van der Waals surface area contributed by atoms with Crippen LogP contribution in [0.4, 0.5) is 5.95 Å². The maximum absolute atomic E-state index is 11.2. The minimum atomic E-state index is -0.161. The van der Waals surface area contributed by atoms with Crippen LogP contribution in [-0.4, -0.2) is 27.7 Å². The molecule has 0 spiro atoms. The van der Waals surface area contributed by atoms with Crippen LogP contribution in [-0.2, 0) is 0 Å². The van der Waals surface area contributed by atoms with Crippen molar-refractivity contribution in [2.45, 2.75) is 18.8 Å². The van der Waals surface area contributed by atoms with Crippen molar-refractivity contribution in [3.8, 4) is 0 Å². The van der Waals surface area contributed by atoms with Gasteiger partial charge in [-0.2, -0.15) is 0 Å². The van der Waals surface area contributed by atoms with E-state index >= 15 is 0 Å². The van der Waals surface area contributed by atoms with Gasteiger partial charge in [0.05, 0.1) is 5.69 Å². The summed E-state index contributed by atoms with van der Waals surface area (Å²) in [4.78, 5) is 17.9. The van der Waals surface area contributed by atoms with Crippen molar-refractivity contribution >= 4 is 15.3 Å². The highest BCUT2D eigenvalue weighted by atomic mass is 31.0. The molecule has 0 bridgehead atoms. The lowest BCUT2D eigenvalue weighted by atomic mass is 9.94. The highest BCUT2D eigenvalue weighted by molar-refractivity contribution is 7.13. The molecule has 5 nitrogen and oxygen atoms in total. The van der Waals surface area contributed by atoms with Gasteiger partial charge >= 0.3 is 0 Å². The summed E-state index contributed by atoms with van der Waals surface area (Å²) in [6.07, 6.45) is 2.05. The molecule has 1 aliphatic heterocycles. The number of aromatic nitrogens is 2. The average molecular weight is 226 g/mol. The number of H-pyrrole nitrogens is 1. The highest BCUT2D eigenvalue weighted by Gasteiger charge is 2.20. The van der Waals surface area contributed by atoms with E-state index in [4.69, 9.17) is 5.73 Å². The summed E-state index contributed by atoms with van der Waals surface area (Å²) in [6, 6.07) is 1.56. The summed E-state index contributed by atoms with van der Waals surface area (Å²) in [5.41, 5.74) is 6.18. The number of nitrogens with zero attached hydrogens (tertiary/aromatic N) is 2. The topological polar surface area (TPSA) is 75.0 Å². The maximum Gasteiger partial charge on any atom is 0.252 e. The number of nitrogens with one attached hydrogen (secondary N) is 1. The van der Waals surface area contributed by atoms with Crippen LogP contribution in [0.5, 0.6) is 0 Å². The Labute approximate surface area is 90.3 Å². The lowest BCUT2D eigenvalue weighted by Gasteiger charge is -2.28. The summed E-state index contributed by atoms with van der Waals surface area (Å²) in [7, 11) is 2.70. The van der Waals surface area contributed by atoms with E-state index in [1.54, 1.807) is 6.07 Å². The summed E-state index contributed by atoms with van der Waals surface area (Å²) in [6.45, 7) is 2.04. The van der Waals surface area contributed by atoms with Crippen LogP contribution in [0.2, 0.25) is 0 Å². The van der Waals surface area contributed by atoms with E-state index in [0.717, 1.165) is 31.6 Å². The summed E-state index contributed by atoms with van der Waals surface area (Å²) >= 11 is 0. The Morgan fingerprint density at radius 1 is 1.53 bits per heavy atom. The lowest BCUT2D eigenvalue weighted by Crippen LogP contribution is -2.26. The first-order valence-corrected chi connectivity index (χ1v) is 5.53.